The highest BCUT2D eigenvalue weighted by atomic mass is 35.5. The maximum Gasteiger partial charge on any atom is 0.277 e. The second-order valence-electron chi connectivity index (χ2n) is 4.47. The molecule has 0 bridgehead atoms. The average Bonchev–Trinajstić information content (AvgIpc) is 2.54. The van der Waals surface area contributed by atoms with E-state index in [0.29, 0.717) is 0 Å². The zero-order valence-corrected chi connectivity index (χ0v) is 10.7. The molecule has 0 spiro atoms. The van der Waals surface area contributed by atoms with Crippen LogP contribution in [0.15, 0.2) is 0 Å². The van der Waals surface area contributed by atoms with Crippen molar-refractivity contribution in [1.29, 1.82) is 0 Å². The molecule has 0 aliphatic heterocycles. The Hall–Kier alpha value is -0.420. The summed E-state index contributed by atoms with van der Waals surface area (Å²) in [4.78, 5) is 11.6. The predicted octanol–water partition coefficient (Wildman–Crippen LogP) is 2.09. The maximum atomic E-state index is 12.8. The van der Waals surface area contributed by atoms with E-state index in [9.17, 15) is 13.6 Å². The maximum absolute atomic E-state index is 12.8. The molecule has 0 heterocycles. The number of alkyl halides is 2. The average molecular weight is 271 g/mol. The molecule has 3 N–H and O–H groups in total. The van der Waals surface area contributed by atoms with Crippen LogP contribution in [0.5, 0.6) is 0 Å². The summed E-state index contributed by atoms with van der Waals surface area (Å²) in [5.74, 6) is -3.31. The molecular formula is C11H21ClF2N2O. The minimum atomic E-state index is -2.99. The van der Waals surface area contributed by atoms with Gasteiger partial charge in [-0.1, -0.05) is 25.7 Å². The van der Waals surface area contributed by atoms with Crippen LogP contribution < -0.4 is 11.1 Å². The van der Waals surface area contributed by atoms with Gasteiger partial charge in [-0.2, -0.15) is 0 Å². The van der Waals surface area contributed by atoms with Gasteiger partial charge >= 0.3 is 0 Å². The third-order valence-corrected chi connectivity index (χ3v) is 3.05. The standard InChI is InChI=1S/C11H20F2N2O.ClH/c12-11(13,7-14)8-15-10(16)9-5-3-1-2-4-6-9;/h9H,1-8,14H2,(H,15,16);1H. The van der Waals surface area contributed by atoms with Crippen molar-refractivity contribution < 1.29 is 13.6 Å². The van der Waals surface area contributed by atoms with E-state index in [1.807, 2.05) is 0 Å². The molecule has 0 aromatic carbocycles. The highest BCUT2D eigenvalue weighted by molar-refractivity contribution is 5.85. The second kappa shape index (κ2) is 7.82. The number of carbonyl (C=O) groups excluding carboxylic acids is 1. The van der Waals surface area contributed by atoms with Gasteiger partial charge in [0.15, 0.2) is 0 Å². The molecule has 17 heavy (non-hydrogen) atoms. The summed E-state index contributed by atoms with van der Waals surface area (Å²) >= 11 is 0. The summed E-state index contributed by atoms with van der Waals surface area (Å²) in [6.07, 6.45) is 5.96. The van der Waals surface area contributed by atoms with Crippen LogP contribution in [-0.2, 0) is 4.79 Å². The molecule has 1 rings (SSSR count). The van der Waals surface area contributed by atoms with Crippen molar-refractivity contribution in [2.24, 2.45) is 11.7 Å². The van der Waals surface area contributed by atoms with Gasteiger partial charge in [0.05, 0.1) is 13.1 Å². The summed E-state index contributed by atoms with van der Waals surface area (Å²) in [5, 5.41) is 2.30. The number of carbonyl (C=O) groups is 1. The Kier molecular flexibility index (Phi) is 7.63. The highest BCUT2D eigenvalue weighted by Gasteiger charge is 2.29. The Bertz CT molecular complexity index is 232. The molecule has 1 aliphatic rings. The van der Waals surface area contributed by atoms with E-state index in [1.165, 1.54) is 0 Å². The molecule has 0 atom stereocenters. The first-order chi connectivity index (χ1) is 7.55. The quantitative estimate of drug-likeness (QED) is 0.769. The molecule has 1 aliphatic carbocycles. The van der Waals surface area contributed by atoms with Gasteiger partial charge in [0.25, 0.3) is 5.92 Å². The highest BCUT2D eigenvalue weighted by Crippen LogP contribution is 2.23. The number of nitrogens with two attached hydrogens (primary N) is 1. The van der Waals surface area contributed by atoms with Gasteiger partial charge in [0, 0.05) is 5.92 Å². The first-order valence-corrected chi connectivity index (χ1v) is 5.91. The van der Waals surface area contributed by atoms with Crippen molar-refractivity contribution in [3.63, 3.8) is 0 Å². The largest absolute Gasteiger partial charge is 0.350 e. The number of nitrogens with one attached hydrogen (secondary N) is 1. The molecule has 1 fully saturated rings. The van der Waals surface area contributed by atoms with Crippen molar-refractivity contribution in [3.8, 4) is 0 Å². The normalized spacial score (nSPS) is 18.1. The number of amides is 1. The van der Waals surface area contributed by atoms with Gasteiger partial charge in [-0.15, -0.1) is 12.4 Å². The van der Waals surface area contributed by atoms with Crippen LogP contribution in [0.25, 0.3) is 0 Å². The minimum Gasteiger partial charge on any atom is -0.350 e. The van der Waals surface area contributed by atoms with Crippen LogP contribution in [0.2, 0.25) is 0 Å². The Balaban J connectivity index is 0.00000256. The van der Waals surface area contributed by atoms with Gasteiger partial charge < -0.3 is 11.1 Å². The molecular weight excluding hydrogens is 250 g/mol. The molecule has 102 valence electrons. The second-order valence-corrected chi connectivity index (χ2v) is 4.47. The monoisotopic (exact) mass is 270 g/mol. The lowest BCUT2D eigenvalue weighted by atomic mass is 9.99. The molecule has 1 saturated carbocycles. The smallest absolute Gasteiger partial charge is 0.277 e. The molecule has 1 amide bonds. The lowest BCUT2D eigenvalue weighted by Gasteiger charge is -2.18. The van der Waals surface area contributed by atoms with E-state index in [4.69, 9.17) is 5.73 Å². The SMILES string of the molecule is Cl.NCC(F)(F)CNC(=O)C1CCCCCC1. The summed E-state index contributed by atoms with van der Waals surface area (Å²) in [6, 6.07) is 0. The van der Waals surface area contributed by atoms with Gasteiger partial charge in [-0.3, -0.25) is 4.79 Å². The topological polar surface area (TPSA) is 55.1 Å². The molecule has 3 nitrogen and oxygen atoms in total. The fourth-order valence-corrected chi connectivity index (χ4v) is 1.97. The van der Waals surface area contributed by atoms with E-state index in [0.717, 1.165) is 38.5 Å². The summed E-state index contributed by atoms with van der Waals surface area (Å²) in [7, 11) is 0. The van der Waals surface area contributed by atoms with Crippen molar-refractivity contribution in [3.05, 3.63) is 0 Å². The van der Waals surface area contributed by atoms with Crippen LogP contribution >= 0.6 is 12.4 Å². The fourth-order valence-electron chi connectivity index (χ4n) is 1.97. The molecule has 0 aromatic rings. The Morgan fingerprint density at radius 1 is 1.24 bits per heavy atom. The first-order valence-electron chi connectivity index (χ1n) is 5.91. The van der Waals surface area contributed by atoms with Crippen molar-refractivity contribution >= 4 is 18.3 Å². The van der Waals surface area contributed by atoms with E-state index in [1.54, 1.807) is 0 Å². The zero-order valence-electron chi connectivity index (χ0n) is 9.88. The van der Waals surface area contributed by atoms with Crippen LogP contribution in [0.4, 0.5) is 8.78 Å². The molecule has 0 unspecified atom stereocenters. The van der Waals surface area contributed by atoms with Gasteiger partial charge in [-0.05, 0) is 12.8 Å². The lowest BCUT2D eigenvalue weighted by molar-refractivity contribution is -0.127. The molecule has 0 aromatic heterocycles. The van der Waals surface area contributed by atoms with E-state index in [-0.39, 0.29) is 24.2 Å². The van der Waals surface area contributed by atoms with Crippen LogP contribution in [0, 0.1) is 5.92 Å². The van der Waals surface area contributed by atoms with E-state index in [2.05, 4.69) is 5.32 Å². The van der Waals surface area contributed by atoms with Crippen LogP contribution in [0.3, 0.4) is 0 Å². The van der Waals surface area contributed by atoms with Crippen molar-refractivity contribution in [2.45, 2.75) is 44.4 Å². The summed E-state index contributed by atoms with van der Waals surface area (Å²) in [6.45, 7) is -1.36. The Morgan fingerprint density at radius 3 is 2.24 bits per heavy atom. The summed E-state index contributed by atoms with van der Waals surface area (Å²) < 4.78 is 25.6. The lowest BCUT2D eigenvalue weighted by Crippen LogP contribution is -2.43. The Morgan fingerprint density at radius 2 is 1.76 bits per heavy atom. The predicted molar refractivity (Wildman–Crippen MR) is 65.5 cm³/mol. The van der Waals surface area contributed by atoms with E-state index >= 15 is 0 Å². The van der Waals surface area contributed by atoms with Crippen molar-refractivity contribution in [1.82, 2.24) is 5.32 Å². The Labute approximate surface area is 107 Å². The van der Waals surface area contributed by atoms with Crippen LogP contribution in [0.1, 0.15) is 38.5 Å². The third-order valence-electron chi connectivity index (χ3n) is 3.05. The summed E-state index contributed by atoms with van der Waals surface area (Å²) in [5.41, 5.74) is 4.89. The first kappa shape index (κ1) is 16.6. The third kappa shape index (κ3) is 6.17. The molecule has 6 heteroatoms. The van der Waals surface area contributed by atoms with E-state index < -0.39 is 19.0 Å². The van der Waals surface area contributed by atoms with Crippen LogP contribution in [-0.4, -0.2) is 24.9 Å². The fraction of sp³-hybridized carbons (Fsp3) is 0.909. The molecule has 0 saturated heterocycles. The van der Waals surface area contributed by atoms with Gasteiger partial charge in [-0.25, -0.2) is 8.78 Å². The van der Waals surface area contributed by atoms with Gasteiger partial charge in [0.1, 0.15) is 0 Å². The number of hydrogen-bond acceptors (Lipinski definition) is 2. The van der Waals surface area contributed by atoms with Gasteiger partial charge in [0.2, 0.25) is 5.91 Å². The minimum absolute atomic E-state index is 0. The molecule has 0 radical (unpaired) electrons. The van der Waals surface area contributed by atoms with Crippen molar-refractivity contribution in [2.75, 3.05) is 13.1 Å². The number of hydrogen-bond donors (Lipinski definition) is 2. The number of halogens is 3. The number of rotatable bonds is 4. The zero-order chi connectivity index (χ0) is 12.0.